The maximum atomic E-state index is 12.9. The molecule has 1 fully saturated rings. The summed E-state index contributed by atoms with van der Waals surface area (Å²) in [7, 11) is 5.24. The van der Waals surface area contributed by atoms with Crippen molar-refractivity contribution in [2.45, 2.75) is 50.5 Å². The number of Topliss-reactive ketones (excluding diaryl/α,β-unsaturated/α-hetero) is 1. The number of rotatable bonds is 5. The van der Waals surface area contributed by atoms with Gasteiger partial charge in [0, 0.05) is 12.8 Å². The monoisotopic (exact) mass is 258 g/mol. The molecule has 0 aromatic carbocycles. The first kappa shape index (κ1) is 15.5. The lowest BCUT2D eigenvalue weighted by Crippen LogP contribution is -3.30. The van der Waals surface area contributed by atoms with Crippen molar-refractivity contribution in [1.29, 1.82) is 0 Å². The van der Waals surface area contributed by atoms with Gasteiger partial charge in [0.25, 0.3) is 0 Å². The first-order valence-electron chi connectivity index (χ1n) is 6.60. The number of piperidine rings is 1. The minimum Gasteiger partial charge on any atom is -0.632 e. The number of hydrogen-bond donors (Lipinski definition) is 4. The van der Waals surface area contributed by atoms with Gasteiger partial charge in [-0.3, -0.25) is 15.4 Å². The van der Waals surface area contributed by atoms with E-state index in [4.69, 9.17) is 0 Å². The van der Waals surface area contributed by atoms with Gasteiger partial charge < -0.3 is 15.6 Å². The zero-order valence-corrected chi connectivity index (χ0v) is 12.0. The largest absolute Gasteiger partial charge is 0.632 e. The second kappa shape index (κ2) is 5.63. The van der Waals surface area contributed by atoms with Crippen LogP contribution in [0.15, 0.2) is 0 Å². The molecule has 6 nitrogen and oxygen atoms in total. The van der Waals surface area contributed by atoms with Gasteiger partial charge >= 0.3 is 0 Å². The van der Waals surface area contributed by atoms with Gasteiger partial charge in [0.2, 0.25) is 0 Å². The predicted octanol–water partition coefficient (Wildman–Crippen LogP) is -1.42. The molecule has 0 aliphatic carbocycles. The van der Waals surface area contributed by atoms with Crippen LogP contribution in [0.25, 0.3) is 0 Å². The van der Waals surface area contributed by atoms with Crippen molar-refractivity contribution in [3.63, 3.8) is 0 Å². The number of quaternary nitrogens is 1. The van der Waals surface area contributed by atoms with E-state index in [1.165, 1.54) is 0 Å². The fourth-order valence-electron chi connectivity index (χ4n) is 3.18. The minimum absolute atomic E-state index is 0.0870. The lowest BCUT2D eigenvalue weighted by molar-refractivity contribution is -0.968. The highest BCUT2D eigenvalue weighted by Gasteiger charge is 2.57. The molecule has 4 atom stereocenters. The molecule has 4 unspecified atom stereocenters. The Balaban J connectivity index is 3.28. The summed E-state index contributed by atoms with van der Waals surface area (Å²) in [5, 5.41) is 22.2. The van der Waals surface area contributed by atoms with E-state index in [0.29, 0.717) is 12.8 Å². The van der Waals surface area contributed by atoms with Crippen LogP contribution >= 0.6 is 0 Å². The first-order chi connectivity index (χ1) is 8.47. The summed E-state index contributed by atoms with van der Waals surface area (Å²) in [4.78, 5) is 12.3. The van der Waals surface area contributed by atoms with Crippen LogP contribution in [0.3, 0.4) is 0 Å². The molecule has 1 saturated heterocycles. The number of ketones is 1. The number of hydrogen-bond acceptors (Lipinski definition) is 5. The quantitative estimate of drug-likeness (QED) is 0.455. The van der Waals surface area contributed by atoms with E-state index in [1.54, 1.807) is 21.1 Å². The summed E-state index contributed by atoms with van der Waals surface area (Å²) in [5.41, 5.74) is -1.55. The highest BCUT2D eigenvalue weighted by atomic mass is 16.5. The molecule has 0 radical (unpaired) electrons. The average molecular weight is 258 g/mol. The second-order valence-corrected chi connectivity index (χ2v) is 4.95. The maximum absolute atomic E-state index is 12.9. The Hall–Kier alpha value is -0.530. The Morgan fingerprint density at radius 3 is 2.22 bits per heavy atom. The van der Waals surface area contributed by atoms with E-state index in [2.05, 4.69) is 16.0 Å². The summed E-state index contributed by atoms with van der Waals surface area (Å²) < 4.78 is 0. The number of carbonyl (C=O) groups excluding carboxylic acids is 1. The zero-order valence-electron chi connectivity index (χ0n) is 12.0. The number of hydroxylamine groups is 2. The summed E-state index contributed by atoms with van der Waals surface area (Å²) in [6, 6.07) is -0.451. The zero-order chi connectivity index (χ0) is 14.0. The lowest BCUT2D eigenvalue weighted by atomic mass is 9.80. The van der Waals surface area contributed by atoms with Gasteiger partial charge in [-0.25, -0.2) is 0 Å². The van der Waals surface area contributed by atoms with E-state index in [1.807, 2.05) is 13.8 Å². The standard InChI is InChI=1S/C12H26N4O2/c1-6-11(14-4)8-9(17)10(13-3)12(7-2,15-5)16(11)18/h10,13-16H,6-8H2,1-5H3. The summed E-state index contributed by atoms with van der Waals surface area (Å²) >= 11 is 0. The van der Waals surface area contributed by atoms with Gasteiger partial charge in [0.05, 0.1) is 6.42 Å². The molecule has 0 aromatic heterocycles. The molecular weight excluding hydrogens is 232 g/mol. The molecule has 0 saturated carbocycles. The Morgan fingerprint density at radius 1 is 1.28 bits per heavy atom. The van der Waals surface area contributed by atoms with Crippen LogP contribution in [0.1, 0.15) is 33.1 Å². The molecular formula is C12H26N4O2. The molecule has 0 bridgehead atoms. The molecule has 18 heavy (non-hydrogen) atoms. The van der Waals surface area contributed by atoms with Gasteiger partial charge in [-0.2, -0.15) is 0 Å². The fraction of sp³-hybridized carbons (Fsp3) is 0.917. The molecule has 1 rings (SSSR count). The highest BCUT2D eigenvalue weighted by molar-refractivity contribution is 5.86. The van der Waals surface area contributed by atoms with Gasteiger partial charge in [-0.1, -0.05) is 13.8 Å². The van der Waals surface area contributed by atoms with E-state index < -0.39 is 17.4 Å². The Kier molecular flexibility index (Phi) is 4.85. The third kappa shape index (κ3) is 1.98. The number of carbonyl (C=O) groups is 1. The van der Waals surface area contributed by atoms with Crippen LogP contribution in [0, 0.1) is 5.21 Å². The van der Waals surface area contributed by atoms with Crippen LogP contribution in [-0.2, 0) is 4.79 Å². The fourth-order valence-corrected chi connectivity index (χ4v) is 3.18. The van der Waals surface area contributed by atoms with Crippen LogP contribution < -0.4 is 21.0 Å². The van der Waals surface area contributed by atoms with Crippen molar-refractivity contribution in [1.82, 2.24) is 16.0 Å². The summed E-state index contributed by atoms with van der Waals surface area (Å²) in [6.07, 6.45) is 1.46. The lowest BCUT2D eigenvalue weighted by Gasteiger charge is -2.58. The third-order valence-electron chi connectivity index (χ3n) is 4.51. The SMILES string of the molecule is CCC1(NC)CC(=O)C(NC)C(CC)(NC)[NH+]1[O-]. The topological polar surface area (TPSA) is 80.7 Å². The van der Waals surface area contributed by atoms with Gasteiger partial charge in [0.1, 0.15) is 6.04 Å². The number of likely N-dealkylation sites (N-methyl/N-ethyl adjacent to an activating group) is 2. The minimum atomic E-state index is -0.816. The molecule has 0 amide bonds. The third-order valence-corrected chi connectivity index (χ3v) is 4.51. The highest BCUT2D eigenvalue weighted by Crippen LogP contribution is 2.23. The maximum Gasteiger partial charge on any atom is 0.175 e. The second-order valence-electron chi connectivity index (χ2n) is 4.95. The van der Waals surface area contributed by atoms with Crippen molar-refractivity contribution >= 4 is 5.78 Å². The molecule has 1 aliphatic heterocycles. The van der Waals surface area contributed by atoms with Crippen LogP contribution in [-0.4, -0.2) is 44.3 Å². The number of nitrogens with one attached hydrogen (secondary N) is 4. The van der Waals surface area contributed by atoms with Gasteiger partial charge in [-0.05, 0) is 21.1 Å². The van der Waals surface area contributed by atoms with Crippen LogP contribution in [0.5, 0.6) is 0 Å². The van der Waals surface area contributed by atoms with Gasteiger partial charge in [0.15, 0.2) is 17.1 Å². The van der Waals surface area contributed by atoms with E-state index >= 15 is 0 Å². The Labute approximate surface area is 109 Å². The normalized spacial score (nSPS) is 41.1. The van der Waals surface area contributed by atoms with Crippen molar-refractivity contribution < 1.29 is 9.86 Å². The Morgan fingerprint density at radius 2 is 1.89 bits per heavy atom. The van der Waals surface area contributed by atoms with Gasteiger partial charge in [-0.15, -0.1) is 0 Å². The average Bonchev–Trinajstić information content (AvgIpc) is 2.40. The van der Waals surface area contributed by atoms with Crippen molar-refractivity contribution in [2.75, 3.05) is 21.1 Å². The van der Waals surface area contributed by atoms with E-state index in [0.717, 1.165) is 0 Å². The molecule has 0 aromatic rings. The predicted molar refractivity (Wildman–Crippen MR) is 71.0 cm³/mol. The molecule has 0 spiro atoms. The first-order valence-corrected chi connectivity index (χ1v) is 6.60. The summed E-state index contributed by atoms with van der Waals surface area (Å²) in [6.45, 7) is 3.88. The van der Waals surface area contributed by atoms with E-state index in [-0.39, 0.29) is 17.3 Å². The molecule has 106 valence electrons. The summed E-state index contributed by atoms with van der Waals surface area (Å²) in [5.74, 6) is 0.0875. The van der Waals surface area contributed by atoms with Crippen molar-refractivity contribution in [3.8, 4) is 0 Å². The Bertz CT molecular complexity index is 300. The smallest absolute Gasteiger partial charge is 0.175 e. The molecule has 1 heterocycles. The van der Waals surface area contributed by atoms with Crippen LogP contribution in [0.4, 0.5) is 0 Å². The van der Waals surface area contributed by atoms with E-state index in [9.17, 15) is 10.0 Å². The molecule has 4 N–H and O–H groups in total. The molecule has 6 heteroatoms. The van der Waals surface area contributed by atoms with Crippen molar-refractivity contribution in [3.05, 3.63) is 5.21 Å². The molecule has 1 aliphatic rings. The van der Waals surface area contributed by atoms with Crippen LogP contribution in [0.2, 0.25) is 0 Å². The van der Waals surface area contributed by atoms with Crippen molar-refractivity contribution in [2.24, 2.45) is 0 Å².